The maximum atomic E-state index is 11.8. The van der Waals surface area contributed by atoms with E-state index in [0.29, 0.717) is 5.82 Å². The number of carboxylic acid groups (broad SMARTS) is 1. The van der Waals surface area contributed by atoms with E-state index in [9.17, 15) is 9.59 Å². The zero-order chi connectivity index (χ0) is 13.0. The number of carboxylic acids is 1. The number of rotatable bonds is 5. The minimum absolute atomic E-state index is 0.138. The summed E-state index contributed by atoms with van der Waals surface area (Å²) in [5.41, 5.74) is 0.226. The highest BCUT2D eigenvalue weighted by molar-refractivity contribution is 5.95. The fourth-order valence-corrected chi connectivity index (χ4v) is 1.47. The number of nitrogens with zero attached hydrogens (tertiary/aromatic N) is 1. The molecule has 0 radical (unpaired) electrons. The second kappa shape index (κ2) is 5.17. The average molecular weight is 249 g/mol. The third-order valence-corrected chi connectivity index (χ3v) is 2.27. The van der Waals surface area contributed by atoms with E-state index in [0.717, 1.165) is 0 Å². The van der Waals surface area contributed by atoms with Gasteiger partial charge in [0.25, 0.3) is 5.91 Å². The molecular formula is C11H11N3O4. The van der Waals surface area contributed by atoms with E-state index in [1.54, 1.807) is 12.4 Å². The highest BCUT2D eigenvalue weighted by Gasteiger charge is 2.16. The molecule has 0 bridgehead atoms. The molecule has 0 aliphatic carbocycles. The van der Waals surface area contributed by atoms with Crippen molar-refractivity contribution in [1.29, 1.82) is 0 Å². The lowest BCUT2D eigenvalue weighted by Gasteiger charge is -2.02. The number of amides is 1. The van der Waals surface area contributed by atoms with E-state index in [1.807, 2.05) is 0 Å². The molecule has 1 amide bonds. The average Bonchev–Trinajstić information content (AvgIpc) is 2.95. The second-order valence-electron chi connectivity index (χ2n) is 3.55. The Labute approximate surface area is 102 Å². The molecule has 0 saturated heterocycles. The third kappa shape index (κ3) is 2.76. The van der Waals surface area contributed by atoms with Gasteiger partial charge in [0.05, 0.1) is 18.4 Å². The molecule has 0 fully saturated rings. The molecule has 2 aromatic rings. The number of nitrogens with one attached hydrogen (secondary N) is 2. The Morgan fingerprint density at radius 3 is 3.00 bits per heavy atom. The molecule has 7 heteroatoms. The SMILES string of the molecule is O=C(O)Cc1occc1C(=O)NCc1ncc[nH]1. The van der Waals surface area contributed by atoms with Crippen LogP contribution >= 0.6 is 0 Å². The predicted molar refractivity (Wildman–Crippen MR) is 59.8 cm³/mol. The molecule has 2 rings (SSSR count). The van der Waals surface area contributed by atoms with Gasteiger partial charge in [0, 0.05) is 12.4 Å². The van der Waals surface area contributed by atoms with Gasteiger partial charge in [0.15, 0.2) is 0 Å². The van der Waals surface area contributed by atoms with E-state index >= 15 is 0 Å². The van der Waals surface area contributed by atoms with Gasteiger partial charge in [-0.2, -0.15) is 0 Å². The Balaban J connectivity index is 2.00. The predicted octanol–water partition coefficient (Wildman–Crippen LogP) is 0.560. The standard InChI is InChI=1S/C11H11N3O4/c15-10(16)5-8-7(1-4-18-8)11(17)14-6-9-12-2-3-13-9/h1-4H,5-6H2,(H,12,13)(H,14,17)(H,15,16). The quantitative estimate of drug-likeness (QED) is 0.717. The van der Waals surface area contributed by atoms with Crippen LogP contribution < -0.4 is 5.32 Å². The lowest BCUT2D eigenvalue weighted by molar-refractivity contribution is -0.136. The second-order valence-corrected chi connectivity index (χ2v) is 3.55. The van der Waals surface area contributed by atoms with Crippen molar-refractivity contribution in [3.8, 4) is 0 Å². The first-order chi connectivity index (χ1) is 8.66. The lowest BCUT2D eigenvalue weighted by Crippen LogP contribution is -2.24. The minimum Gasteiger partial charge on any atom is -0.481 e. The van der Waals surface area contributed by atoms with Crippen molar-refractivity contribution >= 4 is 11.9 Å². The highest BCUT2D eigenvalue weighted by atomic mass is 16.4. The number of H-pyrrole nitrogens is 1. The van der Waals surface area contributed by atoms with E-state index < -0.39 is 11.9 Å². The first kappa shape index (κ1) is 11.9. The number of furan rings is 1. The first-order valence-electron chi connectivity index (χ1n) is 5.21. The summed E-state index contributed by atoms with van der Waals surface area (Å²) in [4.78, 5) is 29.2. The molecule has 0 aliphatic rings. The van der Waals surface area contributed by atoms with Crippen molar-refractivity contribution in [3.05, 3.63) is 41.9 Å². The van der Waals surface area contributed by atoms with Gasteiger partial charge < -0.3 is 19.8 Å². The van der Waals surface area contributed by atoms with Crippen LogP contribution in [0.3, 0.4) is 0 Å². The van der Waals surface area contributed by atoms with Crippen molar-refractivity contribution in [3.63, 3.8) is 0 Å². The van der Waals surface area contributed by atoms with Crippen molar-refractivity contribution in [2.45, 2.75) is 13.0 Å². The molecule has 0 spiro atoms. The number of aliphatic carboxylic acids is 1. The molecule has 0 aliphatic heterocycles. The molecule has 3 N–H and O–H groups in total. The van der Waals surface area contributed by atoms with Gasteiger partial charge in [-0.15, -0.1) is 0 Å². The number of hydrogen-bond donors (Lipinski definition) is 3. The zero-order valence-corrected chi connectivity index (χ0v) is 9.34. The van der Waals surface area contributed by atoms with Crippen molar-refractivity contribution < 1.29 is 19.1 Å². The monoisotopic (exact) mass is 249 g/mol. The summed E-state index contributed by atoms with van der Waals surface area (Å²) in [6.45, 7) is 0.240. The summed E-state index contributed by atoms with van der Waals surface area (Å²) in [6, 6.07) is 1.44. The van der Waals surface area contributed by atoms with E-state index in [2.05, 4.69) is 15.3 Å². The fourth-order valence-electron chi connectivity index (χ4n) is 1.47. The molecule has 0 aromatic carbocycles. The Kier molecular flexibility index (Phi) is 3.42. The lowest BCUT2D eigenvalue weighted by atomic mass is 10.2. The smallest absolute Gasteiger partial charge is 0.311 e. The molecule has 0 atom stereocenters. The van der Waals surface area contributed by atoms with Gasteiger partial charge in [-0.3, -0.25) is 9.59 Å². The first-order valence-corrected chi connectivity index (χ1v) is 5.21. The maximum Gasteiger partial charge on any atom is 0.311 e. The number of aromatic amines is 1. The molecular weight excluding hydrogens is 238 g/mol. The van der Waals surface area contributed by atoms with Gasteiger partial charge in [0.2, 0.25) is 0 Å². The Bertz CT molecular complexity index is 544. The van der Waals surface area contributed by atoms with E-state index in [4.69, 9.17) is 9.52 Å². The Morgan fingerprint density at radius 1 is 1.50 bits per heavy atom. The van der Waals surface area contributed by atoms with E-state index in [-0.39, 0.29) is 24.3 Å². The van der Waals surface area contributed by atoms with Crippen molar-refractivity contribution in [2.75, 3.05) is 0 Å². The number of carbonyl (C=O) groups is 2. The van der Waals surface area contributed by atoms with Crippen LogP contribution in [-0.2, 0) is 17.8 Å². The van der Waals surface area contributed by atoms with Gasteiger partial charge in [-0.1, -0.05) is 0 Å². The summed E-state index contributed by atoms with van der Waals surface area (Å²) in [6.07, 6.45) is 4.20. The molecule has 2 aromatic heterocycles. The topological polar surface area (TPSA) is 108 Å². The molecule has 18 heavy (non-hydrogen) atoms. The summed E-state index contributed by atoms with van der Waals surface area (Å²) in [5.74, 6) is -0.687. The summed E-state index contributed by atoms with van der Waals surface area (Å²) < 4.78 is 4.97. The highest BCUT2D eigenvalue weighted by Crippen LogP contribution is 2.11. The number of aromatic nitrogens is 2. The molecule has 2 heterocycles. The largest absolute Gasteiger partial charge is 0.481 e. The minimum atomic E-state index is -1.05. The molecule has 94 valence electrons. The van der Waals surface area contributed by atoms with Crippen LogP contribution in [0.15, 0.2) is 29.1 Å². The van der Waals surface area contributed by atoms with Gasteiger partial charge >= 0.3 is 5.97 Å². The number of imidazole rings is 1. The van der Waals surface area contributed by atoms with Gasteiger partial charge in [-0.25, -0.2) is 4.98 Å². The van der Waals surface area contributed by atoms with Gasteiger partial charge in [-0.05, 0) is 6.07 Å². The van der Waals surface area contributed by atoms with Crippen LogP contribution in [0.1, 0.15) is 21.9 Å². The van der Waals surface area contributed by atoms with Crippen molar-refractivity contribution in [1.82, 2.24) is 15.3 Å². The molecule has 0 unspecified atom stereocenters. The normalized spacial score (nSPS) is 10.2. The maximum absolute atomic E-state index is 11.8. The van der Waals surface area contributed by atoms with Crippen LogP contribution in [0.4, 0.5) is 0 Å². The van der Waals surface area contributed by atoms with Crippen LogP contribution in [0.2, 0.25) is 0 Å². The van der Waals surface area contributed by atoms with Crippen LogP contribution in [0, 0.1) is 0 Å². The van der Waals surface area contributed by atoms with Crippen LogP contribution in [0.25, 0.3) is 0 Å². The zero-order valence-electron chi connectivity index (χ0n) is 9.34. The summed E-state index contributed by atoms with van der Waals surface area (Å²) in [5, 5.41) is 11.3. The molecule has 0 saturated carbocycles. The Hall–Kier alpha value is -2.57. The molecule has 7 nitrogen and oxygen atoms in total. The number of hydrogen-bond acceptors (Lipinski definition) is 4. The van der Waals surface area contributed by atoms with E-state index in [1.165, 1.54) is 12.3 Å². The Morgan fingerprint density at radius 2 is 2.33 bits per heavy atom. The van der Waals surface area contributed by atoms with Crippen LogP contribution in [0.5, 0.6) is 0 Å². The van der Waals surface area contributed by atoms with Crippen molar-refractivity contribution in [2.24, 2.45) is 0 Å². The van der Waals surface area contributed by atoms with Crippen LogP contribution in [-0.4, -0.2) is 27.0 Å². The third-order valence-electron chi connectivity index (χ3n) is 2.27. The fraction of sp³-hybridized carbons (Fsp3) is 0.182. The summed E-state index contributed by atoms with van der Waals surface area (Å²) in [7, 11) is 0. The number of carbonyl (C=O) groups excluding carboxylic acids is 1. The van der Waals surface area contributed by atoms with Gasteiger partial charge in [0.1, 0.15) is 18.0 Å². The summed E-state index contributed by atoms with van der Waals surface area (Å²) >= 11 is 0.